The molecule has 4 aromatic rings. The van der Waals surface area contributed by atoms with Gasteiger partial charge in [0.15, 0.2) is 0 Å². The maximum absolute atomic E-state index is 11.9. The van der Waals surface area contributed by atoms with E-state index in [9.17, 15) is 14.4 Å². The lowest BCUT2D eigenvalue weighted by molar-refractivity contribution is -0.132. The summed E-state index contributed by atoms with van der Waals surface area (Å²) >= 11 is 0. The van der Waals surface area contributed by atoms with Crippen LogP contribution in [0, 0.1) is 0 Å². The number of amides is 3. The predicted octanol–water partition coefficient (Wildman–Crippen LogP) is 4.86. The fourth-order valence-corrected chi connectivity index (χ4v) is 6.88. The van der Waals surface area contributed by atoms with Crippen LogP contribution in [0.25, 0.3) is 0 Å². The molecule has 424 valence electrons. The Bertz CT molecular complexity index is 1960. The second-order valence-corrected chi connectivity index (χ2v) is 16.2. The molecule has 0 aromatic heterocycles. The van der Waals surface area contributed by atoms with E-state index in [1.807, 2.05) is 26.0 Å². The third-order valence-corrected chi connectivity index (χ3v) is 10.6. The number of aliphatic hydroxyl groups is 1. The van der Waals surface area contributed by atoms with Crippen molar-refractivity contribution in [1.82, 2.24) is 16.0 Å². The first-order valence-electron chi connectivity index (χ1n) is 26.3. The van der Waals surface area contributed by atoms with E-state index >= 15 is 0 Å². The molecule has 0 saturated heterocycles. The fourth-order valence-electron chi connectivity index (χ4n) is 6.88. The Kier molecular flexibility index (Phi) is 40.2. The van der Waals surface area contributed by atoms with Gasteiger partial charge in [-0.1, -0.05) is 112 Å². The molecule has 3 amide bonds. The SMILES string of the molecule is CC.CCCCNC(c1ccccc1)(c1ccccc1)c1ccc(OC)cc1.NCCOCCOCCOCCOCCOCCOCCOCCOCCNC(=O)COCC(=O)NCC(=O)Nc1ccc(CO)cc1. The number of rotatable bonds is 42. The molecule has 76 heavy (non-hydrogen) atoms. The Morgan fingerprint density at radius 2 is 0.921 bits per heavy atom. The molecule has 19 nitrogen and oxygen atoms in total. The Morgan fingerprint density at radius 3 is 1.34 bits per heavy atom. The molecule has 0 aliphatic heterocycles. The van der Waals surface area contributed by atoms with Crippen LogP contribution in [-0.4, -0.2) is 175 Å². The van der Waals surface area contributed by atoms with E-state index in [0.717, 1.165) is 30.7 Å². The van der Waals surface area contributed by atoms with Crippen LogP contribution in [0.1, 0.15) is 55.9 Å². The van der Waals surface area contributed by atoms with Gasteiger partial charge in [0.1, 0.15) is 19.0 Å². The molecule has 0 fully saturated rings. The summed E-state index contributed by atoms with van der Waals surface area (Å²) in [4.78, 5) is 35.5. The van der Waals surface area contributed by atoms with Gasteiger partial charge in [-0.25, -0.2) is 0 Å². The van der Waals surface area contributed by atoms with Gasteiger partial charge >= 0.3 is 0 Å². The largest absolute Gasteiger partial charge is 0.497 e. The summed E-state index contributed by atoms with van der Waals surface area (Å²) < 4.78 is 53.5. The van der Waals surface area contributed by atoms with Gasteiger partial charge in [-0.2, -0.15) is 0 Å². The Morgan fingerprint density at radius 1 is 0.500 bits per heavy atom. The first-order valence-corrected chi connectivity index (χ1v) is 26.3. The van der Waals surface area contributed by atoms with Crippen molar-refractivity contribution < 1.29 is 66.9 Å². The van der Waals surface area contributed by atoms with Gasteiger partial charge in [-0.05, 0) is 59.5 Å². The molecule has 0 aliphatic carbocycles. The number of ether oxygens (including phenoxy) is 10. The summed E-state index contributed by atoms with van der Waals surface area (Å²) in [5, 5.41) is 20.6. The average Bonchev–Trinajstić information content (AvgIpc) is 3.46. The number of methoxy groups -OCH3 is 1. The molecule has 0 radical (unpaired) electrons. The Hall–Kier alpha value is -5.39. The molecule has 0 spiro atoms. The molecule has 19 heteroatoms. The van der Waals surface area contributed by atoms with Gasteiger partial charge in [0.05, 0.1) is 132 Å². The van der Waals surface area contributed by atoms with Crippen molar-refractivity contribution in [3.05, 3.63) is 131 Å². The number of carbonyl (C=O) groups is 3. The minimum absolute atomic E-state index is 0.0924. The van der Waals surface area contributed by atoms with E-state index in [2.05, 4.69) is 101 Å². The van der Waals surface area contributed by atoms with Crippen molar-refractivity contribution in [1.29, 1.82) is 0 Å². The van der Waals surface area contributed by atoms with Gasteiger partial charge in [-0.3, -0.25) is 19.7 Å². The van der Waals surface area contributed by atoms with Gasteiger partial charge < -0.3 is 74.2 Å². The van der Waals surface area contributed by atoms with E-state index in [1.54, 1.807) is 31.4 Å². The maximum atomic E-state index is 11.9. The van der Waals surface area contributed by atoms with Gasteiger partial charge in [0.25, 0.3) is 0 Å². The molecule has 7 N–H and O–H groups in total. The quantitative estimate of drug-likeness (QED) is 0.0257. The zero-order valence-electron chi connectivity index (χ0n) is 45.4. The summed E-state index contributed by atoms with van der Waals surface area (Å²) in [6, 6.07) is 36.4. The summed E-state index contributed by atoms with van der Waals surface area (Å²) in [7, 11) is 1.70. The van der Waals surface area contributed by atoms with Crippen molar-refractivity contribution in [2.75, 3.05) is 158 Å². The lowest BCUT2D eigenvalue weighted by Crippen LogP contribution is -2.45. The Labute approximate surface area is 451 Å². The molecule has 0 heterocycles. The number of unbranched alkanes of at least 4 members (excludes halogenated alkanes) is 1. The maximum Gasteiger partial charge on any atom is 0.246 e. The monoisotopic (exact) mass is 1070 g/mol. The first-order chi connectivity index (χ1) is 37.4. The topological polar surface area (TPSA) is 238 Å². The first kappa shape index (κ1) is 66.7. The van der Waals surface area contributed by atoms with Crippen molar-refractivity contribution in [3.63, 3.8) is 0 Å². The number of carbonyl (C=O) groups excluding carboxylic acids is 3. The molecule has 0 unspecified atom stereocenters. The predicted molar refractivity (Wildman–Crippen MR) is 293 cm³/mol. The number of hydrogen-bond acceptors (Lipinski definition) is 16. The summed E-state index contributed by atoms with van der Waals surface area (Å²) in [5.74, 6) is -0.480. The van der Waals surface area contributed by atoms with Crippen molar-refractivity contribution >= 4 is 23.4 Å². The zero-order chi connectivity index (χ0) is 55.0. The second kappa shape index (κ2) is 45.8. The van der Waals surface area contributed by atoms with Crippen molar-refractivity contribution in [3.8, 4) is 5.75 Å². The highest BCUT2D eigenvalue weighted by Gasteiger charge is 2.35. The van der Waals surface area contributed by atoms with E-state index in [-0.39, 0.29) is 38.4 Å². The molecule has 0 bridgehead atoms. The van der Waals surface area contributed by atoms with Gasteiger partial charge in [0.2, 0.25) is 17.7 Å². The smallest absolute Gasteiger partial charge is 0.246 e. The lowest BCUT2D eigenvalue weighted by Gasteiger charge is -2.37. The van der Waals surface area contributed by atoms with Crippen molar-refractivity contribution in [2.45, 2.75) is 45.8 Å². The summed E-state index contributed by atoms with van der Waals surface area (Å²) in [5.41, 5.74) is 9.89. The number of benzene rings is 4. The number of anilines is 1. The highest BCUT2D eigenvalue weighted by molar-refractivity contribution is 5.94. The standard InChI is InChI=1S/C31H54N4O13.C24H27NO.C2H6/c32-5-7-40-9-11-42-13-15-44-17-19-46-21-22-47-20-18-45-16-14-43-12-10-41-8-6-33-30(38)25-48-26-31(39)34-23-29(37)35-28-3-1-27(24-36)2-4-28;1-3-4-19-25-24(20-11-7-5-8-12-20,21-13-9-6-10-14-21)22-15-17-23(26-2)18-16-22;1-2/h1-4,36H,5-26,32H2,(H,33,38)(H,34,39)(H,35,37);5-18,25H,3-4,19H2,1-2H3;1-2H3. The minimum Gasteiger partial charge on any atom is -0.497 e. The van der Waals surface area contributed by atoms with Gasteiger partial charge in [-0.15, -0.1) is 0 Å². The number of hydrogen-bond donors (Lipinski definition) is 6. The molecule has 0 aliphatic rings. The van der Waals surface area contributed by atoms with E-state index in [4.69, 9.17) is 58.2 Å². The van der Waals surface area contributed by atoms with Crippen LogP contribution in [0.4, 0.5) is 5.69 Å². The van der Waals surface area contributed by atoms with Crippen LogP contribution in [0.2, 0.25) is 0 Å². The van der Waals surface area contributed by atoms with E-state index < -0.39 is 17.7 Å². The van der Waals surface area contributed by atoms with Crippen LogP contribution < -0.4 is 31.7 Å². The Balaban J connectivity index is 0.000000587. The van der Waals surface area contributed by atoms with Gasteiger partial charge in [0, 0.05) is 18.8 Å². The normalized spacial score (nSPS) is 10.9. The molecular formula is C57H87N5O14. The van der Waals surface area contributed by atoms with E-state index in [1.165, 1.54) is 16.7 Å². The molecule has 0 atom stereocenters. The zero-order valence-corrected chi connectivity index (χ0v) is 45.4. The second-order valence-electron chi connectivity index (χ2n) is 16.2. The molecule has 4 rings (SSSR count). The summed E-state index contributed by atoms with van der Waals surface area (Å²) in [6.07, 6.45) is 2.30. The third-order valence-electron chi connectivity index (χ3n) is 10.6. The average molecular weight is 1070 g/mol. The van der Waals surface area contributed by atoms with Crippen LogP contribution in [0.5, 0.6) is 5.75 Å². The number of aliphatic hydroxyl groups excluding tert-OH is 1. The van der Waals surface area contributed by atoms with E-state index in [0.29, 0.717) is 118 Å². The van der Waals surface area contributed by atoms with Crippen LogP contribution in [0.15, 0.2) is 109 Å². The summed E-state index contributed by atoms with van der Waals surface area (Å²) in [6.45, 7) is 14.3. The van der Waals surface area contributed by atoms with Crippen LogP contribution in [0.3, 0.4) is 0 Å². The highest BCUT2D eigenvalue weighted by Crippen LogP contribution is 2.37. The molecule has 4 aromatic carbocycles. The number of nitrogens with two attached hydrogens (primary N) is 1. The lowest BCUT2D eigenvalue weighted by atomic mass is 9.77. The fraction of sp³-hybridized carbons (Fsp3) is 0.526. The third kappa shape index (κ3) is 30.4. The minimum atomic E-state index is -0.533. The highest BCUT2D eigenvalue weighted by atomic mass is 16.6. The van der Waals surface area contributed by atoms with Crippen LogP contribution >= 0.6 is 0 Å². The molecule has 0 saturated carbocycles. The number of nitrogens with one attached hydrogen (secondary N) is 4. The van der Waals surface area contributed by atoms with Crippen molar-refractivity contribution in [2.24, 2.45) is 5.73 Å². The van der Waals surface area contributed by atoms with Crippen LogP contribution in [-0.2, 0) is 69.2 Å². The molecular weight excluding hydrogens is 979 g/mol.